The van der Waals surface area contributed by atoms with Crippen LogP contribution in [-0.4, -0.2) is 18.4 Å². The second-order valence-electron chi connectivity index (χ2n) is 6.22. The number of carbonyl (C=O) groups is 2. The van der Waals surface area contributed by atoms with Crippen molar-refractivity contribution in [3.8, 4) is 0 Å². The Morgan fingerprint density at radius 1 is 1.20 bits per heavy atom. The first-order chi connectivity index (χ1) is 12.1. The summed E-state index contributed by atoms with van der Waals surface area (Å²) in [6.45, 7) is 4.16. The van der Waals surface area contributed by atoms with Crippen LogP contribution in [0.25, 0.3) is 5.57 Å². The molecule has 2 aromatic rings. The minimum atomic E-state index is -0.755. The highest BCUT2D eigenvalue weighted by molar-refractivity contribution is 7.08. The standard InChI is InChI=1S/C21H22O3S/c1-3-14-5-7-15(8-6-14)18-11-17(16-9-10-25-13-16)12-19(22)20(18)21(23)24-4-2/h5-10,12-13,18,20H,3-4,11H2,1-2H3. The lowest BCUT2D eigenvalue weighted by Gasteiger charge is -2.29. The largest absolute Gasteiger partial charge is 0.465 e. The van der Waals surface area contributed by atoms with E-state index in [1.165, 1.54) is 5.56 Å². The molecule has 0 bridgehead atoms. The van der Waals surface area contributed by atoms with Crippen LogP contribution in [0.2, 0.25) is 0 Å². The van der Waals surface area contributed by atoms with Crippen molar-refractivity contribution in [1.29, 1.82) is 0 Å². The molecule has 0 spiro atoms. The number of esters is 1. The van der Waals surface area contributed by atoms with Crippen molar-refractivity contribution in [3.63, 3.8) is 0 Å². The third kappa shape index (κ3) is 3.74. The van der Waals surface area contributed by atoms with Crippen LogP contribution >= 0.6 is 11.3 Å². The lowest BCUT2D eigenvalue weighted by molar-refractivity contribution is -0.151. The van der Waals surface area contributed by atoms with E-state index in [2.05, 4.69) is 19.1 Å². The maximum atomic E-state index is 12.7. The van der Waals surface area contributed by atoms with E-state index in [1.54, 1.807) is 24.3 Å². The van der Waals surface area contributed by atoms with Gasteiger partial charge in [-0.05, 0) is 64.9 Å². The molecule has 1 aromatic carbocycles. The monoisotopic (exact) mass is 354 g/mol. The highest BCUT2D eigenvalue weighted by Gasteiger charge is 2.39. The zero-order chi connectivity index (χ0) is 17.8. The Bertz CT molecular complexity index is 772. The Balaban J connectivity index is 1.98. The second-order valence-corrected chi connectivity index (χ2v) is 7.00. The van der Waals surface area contributed by atoms with E-state index in [4.69, 9.17) is 4.74 Å². The van der Waals surface area contributed by atoms with Crippen LogP contribution in [0.5, 0.6) is 0 Å². The summed E-state index contributed by atoms with van der Waals surface area (Å²) in [6, 6.07) is 10.3. The molecule has 4 heteroatoms. The molecule has 2 unspecified atom stereocenters. The number of carbonyl (C=O) groups excluding carboxylic acids is 2. The fourth-order valence-electron chi connectivity index (χ4n) is 3.35. The van der Waals surface area contributed by atoms with Gasteiger partial charge in [0.25, 0.3) is 0 Å². The minimum Gasteiger partial charge on any atom is -0.465 e. The Morgan fingerprint density at radius 3 is 2.56 bits per heavy atom. The van der Waals surface area contributed by atoms with Gasteiger partial charge in [0.2, 0.25) is 0 Å². The number of hydrogen-bond donors (Lipinski definition) is 0. The van der Waals surface area contributed by atoms with Crippen LogP contribution in [0, 0.1) is 5.92 Å². The lowest BCUT2D eigenvalue weighted by atomic mass is 9.74. The fourth-order valence-corrected chi connectivity index (χ4v) is 4.03. The Morgan fingerprint density at radius 2 is 1.96 bits per heavy atom. The predicted octanol–water partition coefficient (Wildman–Crippen LogP) is 4.63. The number of aryl methyl sites for hydroxylation is 1. The zero-order valence-corrected chi connectivity index (χ0v) is 15.3. The lowest BCUT2D eigenvalue weighted by Crippen LogP contribution is -2.34. The van der Waals surface area contributed by atoms with Gasteiger partial charge in [0.05, 0.1) is 6.61 Å². The third-order valence-electron chi connectivity index (χ3n) is 4.71. The molecular formula is C21H22O3S. The fraction of sp³-hybridized carbons (Fsp3) is 0.333. The summed E-state index contributed by atoms with van der Waals surface area (Å²) < 4.78 is 5.19. The number of benzene rings is 1. The Hall–Kier alpha value is -2.20. The van der Waals surface area contributed by atoms with Crippen molar-refractivity contribution < 1.29 is 14.3 Å². The van der Waals surface area contributed by atoms with Crippen LogP contribution < -0.4 is 0 Å². The van der Waals surface area contributed by atoms with Crippen molar-refractivity contribution in [2.24, 2.45) is 5.92 Å². The van der Waals surface area contributed by atoms with Gasteiger partial charge >= 0.3 is 5.97 Å². The summed E-state index contributed by atoms with van der Waals surface area (Å²) in [7, 11) is 0. The smallest absolute Gasteiger partial charge is 0.317 e. The minimum absolute atomic E-state index is 0.157. The van der Waals surface area contributed by atoms with Gasteiger partial charge in [-0.25, -0.2) is 0 Å². The molecule has 0 fully saturated rings. The van der Waals surface area contributed by atoms with Gasteiger partial charge in [0, 0.05) is 5.92 Å². The molecule has 1 aliphatic carbocycles. The van der Waals surface area contributed by atoms with E-state index in [-0.39, 0.29) is 18.3 Å². The molecule has 2 atom stereocenters. The normalized spacial score (nSPS) is 20.2. The van der Waals surface area contributed by atoms with Gasteiger partial charge in [0.15, 0.2) is 5.78 Å². The van der Waals surface area contributed by atoms with Crippen molar-refractivity contribution in [1.82, 2.24) is 0 Å². The van der Waals surface area contributed by atoms with Crippen molar-refractivity contribution in [3.05, 3.63) is 63.9 Å². The van der Waals surface area contributed by atoms with Gasteiger partial charge in [-0.15, -0.1) is 0 Å². The number of hydrogen-bond acceptors (Lipinski definition) is 4. The first-order valence-electron chi connectivity index (χ1n) is 8.66. The summed E-state index contributed by atoms with van der Waals surface area (Å²) in [5, 5.41) is 4.05. The molecule has 0 amide bonds. The maximum Gasteiger partial charge on any atom is 0.317 e. The molecule has 3 nitrogen and oxygen atoms in total. The second kappa shape index (κ2) is 7.79. The van der Waals surface area contributed by atoms with Crippen molar-refractivity contribution in [2.75, 3.05) is 6.61 Å². The van der Waals surface area contributed by atoms with Gasteiger partial charge in [0.1, 0.15) is 5.92 Å². The number of ether oxygens (including phenoxy) is 1. The first kappa shape index (κ1) is 17.6. The highest BCUT2D eigenvalue weighted by Crippen LogP contribution is 2.40. The highest BCUT2D eigenvalue weighted by atomic mass is 32.1. The summed E-state index contributed by atoms with van der Waals surface area (Å²) in [5.74, 6) is -1.51. The van der Waals surface area contributed by atoms with Crippen molar-refractivity contribution >= 4 is 28.7 Å². The molecule has 130 valence electrons. The summed E-state index contributed by atoms with van der Waals surface area (Å²) >= 11 is 1.61. The van der Waals surface area contributed by atoms with Crippen LogP contribution in [-0.2, 0) is 20.7 Å². The van der Waals surface area contributed by atoms with E-state index < -0.39 is 11.9 Å². The molecule has 0 saturated heterocycles. The molecule has 0 saturated carbocycles. The van der Waals surface area contributed by atoms with Crippen LogP contribution in [0.15, 0.2) is 47.2 Å². The van der Waals surface area contributed by atoms with Gasteiger partial charge in [-0.3, -0.25) is 9.59 Å². The van der Waals surface area contributed by atoms with Crippen LogP contribution in [0.1, 0.15) is 42.9 Å². The average molecular weight is 354 g/mol. The number of ketones is 1. The quantitative estimate of drug-likeness (QED) is 0.581. The number of allylic oxidation sites excluding steroid dienone is 2. The molecule has 0 N–H and O–H groups in total. The average Bonchev–Trinajstić information content (AvgIpc) is 3.16. The van der Waals surface area contributed by atoms with E-state index in [0.717, 1.165) is 23.1 Å². The zero-order valence-electron chi connectivity index (χ0n) is 14.5. The molecule has 0 radical (unpaired) electrons. The van der Waals surface area contributed by atoms with E-state index in [0.29, 0.717) is 6.42 Å². The molecule has 1 heterocycles. The topological polar surface area (TPSA) is 43.4 Å². The number of rotatable bonds is 5. The molecular weight excluding hydrogens is 332 g/mol. The summed E-state index contributed by atoms with van der Waals surface area (Å²) in [6.07, 6.45) is 3.25. The van der Waals surface area contributed by atoms with Crippen LogP contribution in [0.4, 0.5) is 0 Å². The van der Waals surface area contributed by atoms with E-state index in [1.807, 2.05) is 29.0 Å². The summed E-state index contributed by atoms with van der Waals surface area (Å²) in [5.41, 5.74) is 4.32. The van der Waals surface area contributed by atoms with Crippen LogP contribution in [0.3, 0.4) is 0 Å². The number of thiophene rings is 1. The molecule has 1 aliphatic rings. The Kier molecular flexibility index (Phi) is 5.49. The molecule has 3 rings (SSSR count). The van der Waals surface area contributed by atoms with E-state index >= 15 is 0 Å². The Labute approximate surface area is 152 Å². The molecule has 25 heavy (non-hydrogen) atoms. The summed E-state index contributed by atoms with van der Waals surface area (Å²) in [4.78, 5) is 25.2. The van der Waals surface area contributed by atoms with Gasteiger partial charge < -0.3 is 4.74 Å². The van der Waals surface area contributed by atoms with Gasteiger partial charge in [-0.1, -0.05) is 31.2 Å². The SMILES string of the molecule is CCOC(=O)C1C(=O)C=C(c2ccsc2)CC1c1ccc(CC)cc1. The van der Waals surface area contributed by atoms with Crippen molar-refractivity contribution in [2.45, 2.75) is 32.6 Å². The molecule has 1 aromatic heterocycles. The maximum absolute atomic E-state index is 12.7. The predicted molar refractivity (Wildman–Crippen MR) is 101 cm³/mol. The van der Waals surface area contributed by atoms with Gasteiger partial charge in [-0.2, -0.15) is 11.3 Å². The van der Waals surface area contributed by atoms with E-state index in [9.17, 15) is 9.59 Å². The third-order valence-corrected chi connectivity index (χ3v) is 5.40. The molecule has 0 aliphatic heterocycles. The first-order valence-corrected chi connectivity index (χ1v) is 9.60.